The number of aromatic nitrogens is 7. The summed E-state index contributed by atoms with van der Waals surface area (Å²) in [6.07, 6.45) is 6.50. The Kier molecular flexibility index (Phi) is 4.79. The topological polar surface area (TPSA) is 102 Å². The summed E-state index contributed by atoms with van der Waals surface area (Å²) >= 11 is 0. The highest BCUT2D eigenvalue weighted by Crippen LogP contribution is 2.69. The molecule has 0 amide bonds. The Morgan fingerprint density at radius 3 is 2.69 bits per heavy atom. The predicted molar refractivity (Wildman–Crippen MR) is 122 cm³/mol. The number of rotatable bonds is 5. The SMILES string of the molecule is CC1(C)[C@H]2CC[C@]1(c1cncc(-c3ncnn3CCO)n1)c1nnc(-c3c(F)cccc3F)cc12. The van der Waals surface area contributed by atoms with Crippen LogP contribution in [0.4, 0.5) is 8.78 Å². The number of halogens is 2. The van der Waals surface area contributed by atoms with Gasteiger partial charge in [-0.2, -0.15) is 10.2 Å². The van der Waals surface area contributed by atoms with Gasteiger partial charge in [-0.15, -0.1) is 5.10 Å². The van der Waals surface area contributed by atoms with E-state index in [1.807, 2.05) is 0 Å². The summed E-state index contributed by atoms with van der Waals surface area (Å²) in [5, 5.41) is 22.4. The summed E-state index contributed by atoms with van der Waals surface area (Å²) in [7, 11) is 0. The van der Waals surface area contributed by atoms with Crippen LogP contribution >= 0.6 is 0 Å². The number of benzene rings is 1. The summed E-state index contributed by atoms with van der Waals surface area (Å²) in [6.45, 7) is 4.58. The lowest BCUT2D eigenvalue weighted by atomic mass is 9.66. The molecule has 4 aromatic rings. The fraction of sp³-hybridized carbons (Fsp3) is 0.360. The molecule has 2 bridgehead atoms. The van der Waals surface area contributed by atoms with Crippen LogP contribution < -0.4 is 0 Å². The summed E-state index contributed by atoms with van der Waals surface area (Å²) in [6, 6.07) is 5.57. The third kappa shape index (κ3) is 2.92. The standard InChI is InChI=1S/C25H23F2N7O/c1-24(2)15-6-7-25(24,20-12-28-11-19(31-20)23-29-13-30-34(23)8-9-35)22-14(15)10-18(32-33-22)21-16(26)4-3-5-17(21)27/h3-5,10-13,15,35H,6-9H2,1-2H3/t15-,25-/m0/s1. The maximum atomic E-state index is 14.5. The first-order valence-electron chi connectivity index (χ1n) is 11.5. The third-order valence-electron chi connectivity index (χ3n) is 7.83. The van der Waals surface area contributed by atoms with Gasteiger partial charge >= 0.3 is 0 Å². The smallest absolute Gasteiger partial charge is 0.178 e. The van der Waals surface area contributed by atoms with Crippen LogP contribution in [-0.4, -0.2) is 46.6 Å². The van der Waals surface area contributed by atoms with Crippen molar-refractivity contribution in [3.05, 3.63) is 71.6 Å². The summed E-state index contributed by atoms with van der Waals surface area (Å²) in [4.78, 5) is 13.7. The number of nitrogens with zero attached hydrogens (tertiary/aromatic N) is 7. The summed E-state index contributed by atoms with van der Waals surface area (Å²) in [5.74, 6) is -0.680. The van der Waals surface area contributed by atoms with E-state index in [9.17, 15) is 13.9 Å². The number of hydrogen-bond acceptors (Lipinski definition) is 7. The van der Waals surface area contributed by atoms with Crippen LogP contribution in [0, 0.1) is 17.0 Å². The molecule has 1 saturated carbocycles. The lowest BCUT2D eigenvalue weighted by Gasteiger charge is -2.37. The molecule has 0 unspecified atom stereocenters. The van der Waals surface area contributed by atoms with Crippen LogP contribution in [0.15, 0.2) is 43.0 Å². The van der Waals surface area contributed by atoms with Gasteiger partial charge in [0.25, 0.3) is 0 Å². The molecule has 10 heteroatoms. The van der Waals surface area contributed by atoms with E-state index in [1.54, 1.807) is 23.1 Å². The van der Waals surface area contributed by atoms with Gasteiger partial charge in [0, 0.05) is 6.20 Å². The number of aliphatic hydroxyl groups excluding tert-OH is 1. The van der Waals surface area contributed by atoms with Crippen molar-refractivity contribution >= 4 is 0 Å². The van der Waals surface area contributed by atoms with Crippen molar-refractivity contribution in [3.8, 4) is 22.8 Å². The van der Waals surface area contributed by atoms with Gasteiger partial charge in [-0.05, 0) is 47.9 Å². The quantitative estimate of drug-likeness (QED) is 0.470. The molecule has 178 valence electrons. The molecule has 0 spiro atoms. The number of fused-ring (bicyclic) bond motifs is 5. The maximum absolute atomic E-state index is 14.5. The van der Waals surface area contributed by atoms with Crippen molar-refractivity contribution in [2.75, 3.05) is 6.61 Å². The van der Waals surface area contributed by atoms with Gasteiger partial charge < -0.3 is 5.11 Å². The highest BCUT2D eigenvalue weighted by Gasteiger charge is 2.65. The van der Waals surface area contributed by atoms with E-state index in [2.05, 4.69) is 39.1 Å². The normalized spacial score (nSPS) is 21.9. The van der Waals surface area contributed by atoms with Crippen molar-refractivity contribution in [2.24, 2.45) is 5.41 Å². The average molecular weight is 476 g/mol. The lowest BCUT2D eigenvalue weighted by Crippen LogP contribution is -2.38. The molecule has 1 aromatic carbocycles. The van der Waals surface area contributed by atoms with Gasteiger partial charge in [-0.3, -0.25) is 4.98 Å². The van der Waals surface area contributed by atoms with Crippen LogP contribution in [-0.2, 0) is 12.0 Å². The monoisotopic (exact) mass is 475 g/mol. The lowest BCUT2D eigenvalue weighted by molar-refractivity contribution is 0.242. The van der Waals surface area contributed by atoms with Crippen LogP contribution in [0.2, 0.25) is 0 Å². The Bertz CT molecular complexity index is 1430. The minimum absolute atomic E-state index is 0.0734. The van der Waals surface area contributed by atoms with Gasteiger partial charge in [0.2, 0.25) is 0 Å². The van der Waals surface area contributed by atoms with Crippen molar-refractivity contribution in [3.63, 3.8) is 0 Å². The van der Waals surface area contributed by atoms with Crippen LogP contribution in [0.1, 0.15) is 49.6 Å². The third-order valence-corrected chi connectivity index (χ3v) is 7.83. The van der Waals surface area contributed by atoms with Crippen molar-refractivity contribution in [1.82, 2.24) is 34.9 Å². The van der Waals surface area contributed by atoms with Gasteiger partial charge in [0.05, 0.1) is 47.4 Å². The molecule has 2 atom stereocenters. The zero-order chi connectivity index (χ0) is 24.4. The molecule has 0 radical (unpaired) electrons. The second-order valence-electron chi connectivity index (χ2n) is 9.67. The second kappa shape index (κ2) is 7.67. The minimum Gasteiger partial charge on any atom is -0.394 e. The zero-order valence-corrected chi connectivity index (χ0v) is 19.3. The summed E-state index contributed by atoms with van der Waals surface area (Å²) < 4.78 is 30.5. The van der Waals surface area contributed by atoms with E-state index in [0.717, 1.165) is 29.8 Å². The van der Waals surface area contributed by atoms with Gasteiger partial charge in [-0.25, -0.2) is 23.4 Å². The number of hydrogen-bond donors (Lipinski definition) is 1. The Balaban J connectivity index is 1.50. The Morgan fingerprint density at radius 2 is 1.91 bits per heavy atom. The molecule has 1 N–H and O–H groups in total. The fourth-order valence-electron chi connectivity index (χ4n) is 6.16. The molecule has 0 saturated heterocycles. The first-order chi connectivity index (χ1) is 16.9. The first-order valence-corrected chi connectivity index (χ1v) is 11.5. The zero-order valence-electron chi connectivity index (χ0n) is 19.3. The van der Waals surface area contributed by atoms with Crippen molar-refractivity contribution in [2.45, 2.75) is 44.6 Å². The second-order valence-corrected chi connectivity index (χ2v) is 9.67. The predicted octanol–water partition coefficient (Wildman–Crippen LogP) is 3.67. The van der Waals surface area contributed by atoms with Crippen LogP contribution in [0.3, 0.4) is 0 Å². The molecule has 3 aromatic heterocycles. The van der Waals surface area contributed by atoms with Crippen molar-refractivity contribution < 1.29 is 13.9 Å². The maximum Gasteiger partial charge on any atom is 0.178 e. The van der Waals surface area contributed by atoms with E-state index < -0.39 is 17.0 Å². The highest BCUT2D eigenvalue weighted by molar-refractivity contribution is 5.64. The fourth-order valence-corrected chi connectivity index (χ4v) is 6.16. The van der Waals surface area contributed by atoms with Crippen molar-refractivity contribution in [1.29, 1.82) is 0 Å². The van der Waals surface area contributed by atoms with Gasteiger partial charge in [-0.1, -0.05) is 19.9 Å². The number of aliphatic hydroxyl groups is 1. The molecule has 35 heavy (non-hydrogen) atoms. The van der Waals surface area contributed by atoms with E-state index in [-0.39, 0.29) is 29.2 Å². The van der Waals surface area contributed by atoms with E-state index in [1.165, 1.54) is 24.5 Å². The molecule has 8 nitrogen and oxygen atoms in total. The molecule has 1 fully saturated rings. The largest absolute Gasteiger partial charge is 0.394 e. The van der Waals surface area contributed by atoms with E-state index >= 15 is 0 Å². The van der Waals surface area contributed by atoms with E-state index in [0.29, 0.717) is 18.1 Å². The molecule has 0 aliphatic heterocycles. The Morgan fingerprint density at radius 1 is 1.11 bits per heavy atom. The molecular weight excluding hydrogens is 452 g/mol. The minimum atomic E-state index is -0.665. The molecular formula is C25H23F2N7O. The highest BCUT2D eigenvalue weighted by atomic mass is 19.1. The average Bonchev–Trinajstić information content (AvgIpc) is 3.47. The molecule has 2 aliphatic carbocycles. The molecule has 3 heterocycles. The van der Waals surface area contributed by atoms with E-state index in [4.69, 9.17) is 4.98 Å². The first kappa shape index (κ1) is 21.8. The molecule has 2 aliphatic rings. The Labute approximate surface area is 200 Å². The van der Waals surface area contributed by atoms with Crippen LogP contribution in [0.25, 0.3) is 22.8 Å². The summed E-state index contributed by atoms with van der Waals surface area (Å²) in [5.41, 5.74) is 2.22. The Hall–Kier alpha value is -3.66. The van der Waals surface area contributed by atoms with Crippen LogP contribution in [0.5, 0.6) is 0 Å². The van der Waals surface area contributed by atoms with Gasteiger partial charge in [0.1, 0.15) is 23.7 Å². The van der Waals surface area contributed by atoms with Gasteiger partial charge in [0.15, 0.2) is 5.82 Å². The molecule has 6 rings (SSSR count).